The van der Waals surface area contributed by atoms with Crippen LogP contribution in [0.2, 0.25) is 0 Å². The fourth-order valence-corrected chi connectivity index (χ4v) is 12.9. The minimum absolute atomic E-state index is 0. The van der Waals surface area contributed by atoms with E-state index >= 15 is 0 Å². The maximum atomic E-state index is 13.8. The molecule has 0 bridgehead atoms. The molecule has 4 aliphatic carbocycles. The van der Waals surface area contributed by atoms with Crippen LogP contribution in [0.25, 0.3) is 0 Å². The van der Waals surface area contributed by atoms with Gasteiger partial charge in [0.15, 0.2) is 0 Å². The highest BCUT2D eigenvalue weighted by Gasteiger charge is 2.45. The van der Waals surface area contributed by atoms with E-state index in [1.165, 1.54) is 0 Å². The number of ether oxygens (including phenoxy) is 9. The lowest BCUT2D eigenvalue weighted by Gasteiger charge is -2.36. The molecule has 0 N–H and O–H groups in total. The molecule has 23 nitrogen and oxygen atoms in total. The topological polar surface area (TPSA) is 252 Å². The molecule has 0 aromatic carbocycles. The second kappa shape index (κ2) is 38.5. The van der Waals surface area contributed by atoms with Gasteiger partial charge in [-0.2, -0.15) is 0 Å². The van der Waals surface area contributed by atoms with Crippen LogP contribution in [0, 0.1) is 58.2 Å². The Hall–Kier alpha value is -4.81. The second-order valence-corrected chi connectivity index (χ2v) is 31.4. The molecule has 23 heteroatoms. The summed E-state index contributed by atoms with van der Waals surface area (Å²) in [4.78, 5) is 128. The van der Waals surface area contributed by atoms with E-state index in [1.54, 1.807) is 0 Å². The molecule has 9 fully saturated rings. The Morgan fingerprint density at radius 3 is 0.837 bits per heavy atom. The van der Waals surface area contributed by atoms with Crippen molar-refractivity contribution in [3.63, 3.8) is 0 Å². The summed E-state index contributed by atoms with van der Waals surface area (Å²) >= 11 is 0. The zero-order valence-corrected chi connectivity index (χ0v) is 60.0. The van der Waals surface area contributed by atoms with Crippen LogP contribution >= 0.6 is 0 Å². The van der Waals surface area contributed by atoms with Crippen LogP contribution in [0.1, 0.15) is 206 Å². The number of carbonyl (C=O) groups is 9. The van der Waals surface area contributed by atoms with Crippen molar-refractivity contribution < 1.29 is 85.8 Å². The zero-order chi connectivity index (χ0) is 69.3. The van der Waals surface area contributed by atoms with E-state index in [-0.39, 0.29) is 130 Å². The molecule has 5 saturated heterocycles. The number of Topliss-reactive ketones (excluding diaryl/α,β-unsaturated/α-hetero) is 1. The van der Waals surface area contributed by atoms with Crippen molar-refractivity contribution in [1.29, 1.82) is 0 Å². The van der Waals surface area contributed by atoms with Crippen LogP contribution in [0.5, 0.6) is 0 Å². The third-order valence-corrected chi connectivity index (χ3v) is 22.1. The Bertz CT molecular complexity index is 2350. The molecule has 560 valence electrons. The van der Waals surface area contributed by atoms with Gasteiger partial charge in [-0.1, -0.05) is 49.5 Å². The number of rotatable bonds is 49. The summed E-state index contributed by atoms with van der Waals surface area (Å²) in [7, 11) is 0. The molecule has 19 unspecified atom stereocenters. The molecule has 9 rings (SSSR count). The molecule has 0 spiro atoms. The van der Waals surface area contributed by atoms with Crippen molar-refractivity contribution in [2.45, 2.75) is 242 Å². The van der Waals surface area contributed by atoms with Crippen molar-refractivity contribution in [3.05, 3.63) is 0 Å². The summed E-state index contributed by atoms with van der Waals surface area (Å²) in [5.41, 5.74) is -3.75. The third kappa shape index (κ3) is 30.0. The van der Waals surface area contributed by atoms with E-state index < -0.39 is 59.5 Å². The summed E-state index contributed by atoms with van der Waals surface area (Å²) in [5.74, 6) is 0.894. The molecule has 19 atom stereocenters. The van der Waals surface area contributed by atoms with E-state index in [4.69, 9.17) is 42.6 Å². The van der Waals surface area contributed by atoms with Crippen LogP contribution in [-0.4, -0.2) is 239 Å². The first-order chi connectivity index (χ1) is 45.7. The zero-order valence-electron chi connectivity index (χ0n) is 60.0. The summed E-state index contributed by atoms with van der Waals surface area (Å²) in [6, 6.07) is 2.44. The Morgan fingerprint density at radius 2 is 0.571 bits per heavy atom. The van der Waals surface area contributed by atoms with Gasteiger partial charge in [0, 0.05) is 134 Å². The SMILES string of the molecule is C.C.CC1CC1CCC(=O)OCC(COCC(COC(=O)CCC1CC1C)(COC(=O)CCC1CC1C)OC(=O)CCC1CC1C)(COC(=O)CCN1CC1C)CC(=O)CCN1CC1C.CCC(COC(=O)CCN1CC1C)(COC(=O)CCN1CC1C)COC(=O)CCN1CC1C. The molecule has 0 amide bonds. The molecule has 0 aromatic heterocycles. The highest BCUT2D eigenvalue weighted by molar-refractivity contribution is 5.80. The summed E-state index contributed by atoms with van der Waals surface area (Å²) in [5, 5.41) is 0. The van der Waals surface area contributed by atoms with E-state index in [1.807, 2.05) is 6.92 Å². The van der Waals surface area contributed by atoms with E-state index in [0.717, 1.165) is 58.4 Å². The highest BCUT2D eigenvalue weighted by atomic mass is 16.6. The molecular weight excluding hydrogens is 1260 g/mol. The van der Waals surface area contributed by atoms with Gasteiger partial charge >= 0.3 is 47.8 Å². The fraction of sp³-hybridized carbons (Fsp3) is 0.880. The molecule has 9 aliphatic rings. The first-order valence-electron chi connectivity index (χ1n) is 36.8. The maximum Gasteiger partial charge on any atom is 0.307 e. The van der Waals surface area contributed by atoms with Crippen molar-refractivity contribution in [1.82, 2.24) is 24.5 Å². The first-order valence-corrected chi connectivity index (χ1v) is 36.8. The minimum atomic E-state index is -1.72. The first kappa shape index (κ1) is 82.1. The van der Waals surface area contributed by atoms with Gasteiger partial charge < -0.3 is 42.6 Å². The van der Waals surface area contributed by atoms with Crippen molar-refractivity contribution in [3.8, 4) is 0 Å². The average molecular weight is 1390 g/mol. The lowest BCUT2D eigenvalue weighted by atomic mass is 9.84. The molecule has 5 aliphatic heterocycles. The van der Waals surface area contributed by atoms with Crippen molar-refractivity contribution >= 4 is 53.5 Å². The van der Waals surface area contributed by atoms with Crippen molar-refractivity contribution in [2.75, 3.05) is 125 Å². The Morgan fingerprint density at radius 1 is 0.327 bits per heavy atom. The van der Waals surface area contributed by atoms with Gasteiger partial charge in [-0.05, 0) is 140 Å². The molecule has 0 aromatic rings. The van der Waals surface area contributed by atoms with Gasteiger partial charge in [0.1, 0.15) is 52.0 Å². The quantitative estimate of drug-likeness (QED) is 0.0313. The van der Waals surface area contributed by atoms with Gasteiger partial charge in [0.05, 0.1) is 49.7 Å². The number of hydrogen-bond acceptors (Lipinski definition) is 23. The number of nitrogens with zero attached hydrogens (tertiary/aromatic N) is 5. The Balaban J connectivity index is 0.000000365. The van der Waals surface area contributed by atoms with Gasteiger partial charge in [-0.25, -0.2) is 0 Å². The van der Waals surface area contributed by atoms with Crippen LogP contribution in [-0.2, 0) is 85.8 Å². The van der Waals surface area contributed by atoms with Crippen molar-refractivity contribution in [2.24, 2.45) is 58.2 Å². The summed E-state index contributed by atoms with van der Waals surface area (Å²) in [6.07, 6.45) is 9.62. The van der Waals surface area contributed by atoms with Gasteiger partial charge in [0.2, 0.25) is 5.60 Å². The number of esters is 8. The third-order valence-electron chi connectivity index (χ3n) is 22.1. The Labute approximate surface area is 586 Å². The predicted octanol–water partition coefficient (Wildman–Crippen LogP) is 8.90. The molecule has 5 heterocycles. The normalized spacial score (nSPS) is 31.4. The summed E-state index contributed by atoms with van der Waals surface area (Å²) < 4.78 is 52.8. The van der Waals surface area contributed by atoms with Gasteiger partial charge in [-0.3, -0.25) is 67.7 Å². The molecule has 0 radical (unpaired) electrons. The smallest absolute Gasteiger partial charge is 0.307 e. The standard InChI is InChI=1S/C49H78N2O12.C24H41N3O6.2CH4/c1-32-19-38(32)7-11-43(53)59-27-48(23-42(52)15-17-50-24-36(50)5,28-60-46(56)16-18-51-25-37(51)6)26-58-29-49(63-47(57)14-10-41-22-35(41)4,30-61-44(54)12-8-39-20-33(39)2)31-62-45(55)13-9-40-21-34(40)3;1-5-24(15-31-21(28)6-9-25-12-18(25)2,16-32-22(29)7-10-26-13-19(26)3)17-33-23(30)8-11-27-14-20(27)4;;/h32-41H,7-31H2,1-6H3;18-20H,5-17H2,1-4H3;2*1H4. The summed E-state index contributed by atoms with van der Waals surface area (Å²) in [6.45, 7) is 27.4. The predicted molar refractivity (Wildman–Crippen MR) is 369 cm³/mol. The van der Waals surface area contributed by atoms with Crippen LogP contribution in [0.4, 0.5) is 0 Å². The lowest BCUT2D eigenvalue weighted by Crippen LogP contribution is -2.51. The van der Waals surface area contributed by atoms with E-state index in [2.05, 4.69) is 86.8 Å². The van der Waals surface area contributed by atoms with E-state index in [9.17, 15) is 43.2 Å². The average Bonchev–Trinajstić information content (AvgIpc) is 1.70. The second-order valence-electron chi connectivity index (χ2n) is 31.4. The monoisotopic (exact) mass is 1390 g/mol. The molecular formula is C75H127N5O18. The van der Waals surface area contributed by atoms with Crippen LogP contribution in [0.3, 0.4) is 0 Å². The Kier molecular flexibility index (Phi) is 32.2. The van der Waals surface area contributed by atoms with Crippen LogP contribution in [0.15, 0.2) is 0 Å². The number of carbonyl (C=O) groups excluding carboxylic acids is 9. The number of ketones is 1. The highest BCUT2D eigenvalue weighted by Crippen LogP contribution is 2.44. The molecule has 4 saturated carbocycles. The fourth-order valence-electron chi connectivity index (χ4n) is 12.9. The molecule has 98 heavy (non-hydrogen) atoms. The van der Waals surface area contributed by atoms with E-state index in [0.29, 0.717) is 162 Å². The lowest BCUT2D eigenvalue weighted by molar-refractivity contribution is -0.198. The number of hydrogen-bond donors (Lipinski definition) is 0. The van der Waals surface area contributed by atoms with Crippen LogP contribution < -0.4 is 0 Å². The van der Waals surface area contributed by atoms with Gasteiger partial charge in [-0.15, -0.1) is 0 Å². The van der Waals surface area contributed by atoms with Gasteiger partial charge in [0.25, 0.3) is 0 Å². The largest absolute Gasteiger partial charge is 0.465 e. The maximum absolute atomic E-state index is 13.8. The minimum Gasteiger partial charge on any atom is -0.465 e.